The Morgan fingerprint density at radius 1 is 0.957 bits per heavy atom. The Bertz CT molecular complexity index is 834. The maximum Gasteiger partial charge on any atom is 0.0385 e. The lowest BCUT2D eigenvalue weighted by molar-refractivity contribution is 0.579. The van der Waals surface area contributed by atoms with Gasteiger partial charge in [-0.1, -0.05) is 30.3 Å². The quantitative estimate of drug-likeness (QED) is 0.671. The zero-order valence-electron chi connectivity index (χ0n) is 13.0. The Morgan fingerprint density at radius 3 is 2.83 bits per heavy atom. The van der Waals surface area contributed by atoms with E-state index in [9.17, 15) is 0 Å². The summed E-state index contributed by atoms with van der Waals surface area (Å²) in [6, 6.07) is 18.4. The van der Waals surface area contributed by atoms with Crippen LogP contribution in [0.2, 0.25) is 0 Å². The first-order chi connectivity index (χ1) is 11.4. The molecule has 3 heteroatoms. The van der Waals surface area contributed by atoms with Crippen LogP contribution in [0.4, 0.5) is 5.69 Å². The molecule has 2 aliphatic rings. The number of rotatable bonds is 1. The highest BCUT2D eigenvalue weighted by molar-refractivity contribution is 7.22. The molecule has 1 aromatic heterocycles. The van der Waals surface area contributed by atoms with E-state index in [0.29, 0.717) is 12.0 Å². The molecule has 2 atom stereocenters. The van der Waals surface area contributed by atoms with Gasteiger partial charge in [-0.15, -0.1) is 11.3 Å². The topological polar surface area (TPSA) is 24.1 Å². The van der Waals surface area contributed by atoms with Crippen LogP contribution in [-0.2, 0) is 0 Å². The van der Waals surface area contributed by atoms with Crippen molar-refractivity contribution < 1.29 is 0 Å². The Morgan fingerprint density at radius 2 is 1.87 bits per heavy atom. The minimum Gasteiger partial charge on any atom is -0.381 e. The number of benzene rings is 2. The SMILES string of the molecule is c1cc2c(c(-c3cc4ccccc4s3)c1)[C@@H]1CCNCC[C@@H]1N2. The molecule has 0 amide bonds. The molecule has 3 heterocycles. The van der Waals surface area contributed by atoms with E-state index in [4.69, 9.17) is 0 Å². The van der Waals surface area contributed by atoms with Crippen molar-refractivity contribution in [1.82, 2.24) is 5.32 Å². The van der Waals surface area contributed by atoms with Crippen molar-refractivity contribution >= 4 is 27.1 Å². The predicted molar refractivity (Wildman–Crippen MR) is 99.5 cm³/mol. The third-order valence-corrected chi connectivity index (χ3v) is 6.41. The third kappa shape index (κ3) is 2.19. The Balaban J connectivity index is 1.66. The first kappa shape index (κ1) is 13.6. The van der Waals surface area contributed by atoms with Gasteiger partial charge in [-0.2, -0.15) is 0 Å². The van der Waals surface area contributed by atoms with Crippen LogP contribution in [0.25, 0.3) is 20.5 Å². The predicted octanol–water partition coefficient (Wildman–Crippen LogP) is 4.83. The monoisotopic (exact) mass is 320 g/mol. The molecule has 2 aromatic carbocycles. The molecule has 2 N–H and O–H groups in total. The zero-order valence-corrected chi connectivity index (χ0v) is 13.8. The molecule has 0 aliphatic carbocycles. The standard InChI is InChI=1S/C20H20N2S/c1-2-7-18-13(4-1)12-19(23-18)15-5-3-6-17-20(15)14-8-10-21-11-9-16(14)22-17/h1-7,12,14,16,21-22H,8-11H2/t14-,16+/m1/s1. The van der Waals surface area contributed by atoms with E-state index in [1.807, 2.05) is 11.3 Å². The first-order valence-corrected chi connectivity index (χ1v) is 9.31. The van der Waals surface area contributed by atoms with Crippen LogP contribution in [-0.4, -0.2) is 19.1 Å². The van der Waals surface area contributed by atoms with Gasteiger partial charge in [0.1, 0.15) is 0 Å². The van der Waals surface area contributed by atoms with Crippen LogP contribution in [0.3, 0.4) is 0 Å². The minimum absolute atomic E-state index is 0.593. The number of fused-ring (bicyclic) bond motifs is 4. The summed E-state index contributed by atoms with van der Waals surface area (Å²) in [6.07, 6.45) is 2.44. The highest BCUT2D eigenvalue weighted by Crippen LogP contribution is 2.47. The van der Waals surface area contributed by atoms with Crippen molar-refractivity contribution in [3.05, 3.63) is 54.1 Å². The maximum absolute atomic E-state index is 3.78. The minimum atomic E-state index is 0.593. The van der Waals surface area contributed by atoms with Gasteiger partial charge in [0.15, 0.2) is 0 Å². The van der Waals surface area contributed by atoms with E-state index in [1.54, 1.807) is 5.56 Å². The zero-order chi connectivity index (χ0) is 15.2. The van der Waals surface area contributed by atoms with Gasteiger partial charge >= 0.3 is 0 Å². The maximum atomic E-state index is 3.78. The molecule has 1 saturated heterocycles. The second-order valence-electron chi connectivity index (χ2n) is 6.60. The van der Waals surface area contributed by atoms with E-state index < -0.39 is 0 Å². The molecule has 0 unspecified atom stereocenters. The Labute approximate surface area is 140 Å². The highest BCUT2D eigenvalue weighted by atomic mass is 32.1. The van der Waals surface area contributed by atoms with Crippen LogP contribution in [0.5, 0.6) is 0 Å². The van der Waals surface area contributed by atoms with Gasteiger partial charge in [0, 0.05) is 27.2 Å². The van der Waals surface area contributed by atoms with Crippen LogP contribution in [0.1, 0.15) is 24.3 Å². The molecule has 3 aromatic rings. The van der Waals surface area contributed by atoms with Gasteiger partial charge in [0.25, 0.3) is 0 Å². The summed E-state index contributed by atoms with van der Waals surface area (Å²) in [7, 11) is 0. The van der Waals surface area contributed by atoms with E-state index in [2.05, 4.69) is 59.2 Å². The molecule has 5 rings (SSSR count). The van der Waals surface area contributed by atoms with Gasteiger partial charge < -0.3 is 10.6 Å². The fraction of sp³-hybridized carbons (Fsp3) is 0.300. The molecule has 0 bridgehead atoms. The Kier molecular flexibility index (Phi) is 3.17. The van der Waals surface area contributed by atoms with Crippen LogP contribution >= 0.6 is 11.3 Å². The Hall–Kier alpha value is -1.84. The molecular formula is C20H20N2S. The van der Waals surface area contributed by atoms with Crippen molar-refractivity contribution in [3.8, 4) is 10.4 Å². The first-order valence-electron chi connectivity index (χ1n) is 8.49. The highest BCUT2D eigenvalue weighted by Gasteiger charge is 2.34. The lowest BCUT2D eigenvalue weighted by Gasteiger charge is -2.17. The molecule has 23 heavy (non-hydrogen) atoms. The summed E-state index contributed by atoms with van der Waals surface area (Å²) in [5.41, 5.74) is 4.34. The molecule has 2 aliphatic heterocycles. The third-order valence-electron chi connectivity index (χ3n) is 5.26. The molecule has 2 nitrogen and oxygen atoms in total. The van der Waals surface area contributed by atoms with Crippen LogP contribution in [0.15, 0.2) is 48.5 Å². The number of hydrogen-bond donors (Lipinski definition) is 2. The molecule has 0 spiro atoms. The summed E-state index contributed by atoms with van der Waals surface area (Å²) >= 11 is 1.92. The largest absolute Gasteiger partial charge is 0.381 e. The fourth-order valence-corrected chi connectivity index (χ4v) is 5.28. The van der Waals surface area contributed by atoms with E-state index >= 15 is 0 Å². The smallest absolute Gasteiger partial charge is 0.0385 e. The second kappa shape index (κ2) is 5.36. The molecular weight excluding hydrogens is 300 g/mol. The number of anilines is 1. The summed E-state index contributed by atoms with van der Waals surface area (Å²) in [5.74, 6) is 0.640. The molecule has 0 radical (unpaired) electrons. The van der Waals surface area contributed by atoms with Crippen molar-refractivity contribution in [3.63, 3.8) is 0 Å². The number of nitrogens with one attached hydrogen (secondary N) is 2. The van der Waals surface area contributed by atoms with Gasteiger partial charge in [-0.05, 0) is 60.6 Å². The van der Waals surface area contributed by atoms with Gasteiger partial charge in [0.2, 0.25) is 0 Å². The van der Waals surface area contributed by atoms with Crippen molar-refractivity contribution in [2.75, 3.05) is 18.4 Å². The van der Waals surface area contributed by atoms with Crippen LogP contribution in [0, 0.1) is 0 Å². The lowest BCUT2D eigenvalue weighted by atomic mass is 9.87. The molecule has 0 saturated carbocycles. The summed E-state index contributed by atoms with van der Waals surface area (Å²) < 4.78 is 1.38. The molecule has 1 fully saturated rings. The van der Waals surface area contributed by atoms with Gasteiger partial charge in [-0.25, -0.2) is 0 Å². The normalized spacial score (nSPS) is 23.1. The van der Waals surface area contributed by atoms with E-state index in [0.717, 1.165) is 13.1 Å². The number of thiophene rings is 1. The van der Waals surface area contributed by atoms with Crippen molar-refractivity contribution in [1.29, 1.82) is 0 Å². The van der Waals surface area contributed by atoms with Crippen molar-refractivity contribution in [2.24, 2.45) is 0 Å². The van der Waals surface area contributed by atoms with E-state index in [-0.39, 0.29) is 0 Å². The number of hydrogen-bond acceptors (Lipinski definition) is 3. The van der Waals surface area contributed by atoms with E-state index in [1.165, 1.54) is 39.1 Å². The lowest BCUT2D eigenvalue weighted by Crippen LogP contribution is -2.21. The fourth-order valence-electron chi connectivity index (χ4n) is 4.18. The van der Waals surface area contributed by atoms with Gasteiger partial charge in [0.05, 0.1) is 0 Å². The summed E-state index contributed by atoms with van der Waals surface area (Å²) in [5, 5.41) is 8.69. The summed E-state index contributed by atoms with van der Waals surface area (Å²) in [6.45, 7) is 2.25. The van der Waals surface area contributed by atoms with Gasteiger partial charge in [-0.3, -0.25) is 0 Å². The van der Waals surface area contributed by atoms with Crippen LogP contribution < -0.4 is 10.6 Å². The van der Waals surface area contributed by atoms with Crippen molar-refractivity contribution in [2.45, 2.75) is 24.8 Å². The average molecular weight is 320 g/mol. The summed E-state index contributed by atoms with van der Waals surface area (Å²) in [4.78, 5) is 1.41. The molecule has 116 valence electrons. The average Bonchev–Trinajstić information content (AvgIpc) is 3.09. The second-order valence-corrected chi connectivity index (χ2v) is 7.68.